The summed E-state index contributed by atoms with van der Waals surface area (Å²) in [7, 11) is 0. The molecular weight excluding hydrogens is 194 g/mol. The van der Waals surface area contributed by atoms with Gasteiger partial charge in [0.15, 0.2) is 0 Å². The molecule has 2 bridgehead atoms. The molecule has 0 aliphatic heterocycles. The van der Waals surface area contributed by atoms with E-state index < -0.39 is 0 Å². The Morgan fingerprint density at radius 3 is 2.25 bits per heavy atom. The molecule has 4 fully saturated rings. The van der Waals surface area contributed by atoms with Crippen LogP contribution in [0, 0.1) is 46.8 Å². The number of nitrogens with zero attached hydrogens (tertiary/aromatic N) is 1. The van der Waals surface area contributed by atoms with Crippen molar-refractivity contribution < 1.29 is 0 Å². The molecule has 4 saturated carbocycles. The summed E-state index contributed by atoms with van der Waals surface area (Å²) in [6.07, 6.45) is 0. The quantitative estimate of drug-likeness (QED) is 0.638. The number of benzene rings is 1. The Morgan fingerprint density at radius 1 is 0.875 bits per heavy atom. The summed E-state index contributed by atoms with van der Waals surface area (Å²) in [5.41, 5.74) is 4.03. The van der Waals surface area contributed by atoms with Crippen LogP contribution in [0.5, 0.6) is 0 Å². The highest BCUT2D eigenvalue weighted by molar-refractivity contribution is 5.60. The fourth-order valence-corrected chi connectivity index (χ4v) is 6.56. The molecule has 0 aromatic heterocycles. The molecule has 1 heteroatoms. The Labute approximate surface area is 94.1 Å². The van der Waals surface area contributed by atoms with Crippen LogP contribution in [0.15, 0.2) is 18.2 Å². The lowest BCUT2D eigenvalue weighted by Gasteiger charge is -2.93. The van der Waals surface area contributed by atoms with E-state index in [1.54, 1.807) is 5.56 Å². The summed E-state index contributed by atoms with van der Waals surface area (Å²) >= 11 is 0. The number of hydrogen-bond acceptors (Lipinski definition) is 1. The maximum atomic E-state index is 9.26. The lowest BCUT2D eigenvalue weighted by molar-refractivity contribution is -0.407. The van der Waals surface area contributed by atoms with Gasteiger partial charge in [0.2, 0.25) is 0 Å². The second kappa shape index (κ2) is 1.74. The van der Waals surface area contributed by atoms with Crippen LogP contribution in [0.3, 0.4) is 0 Å². The third-order valence-electron chi connectivity index (χ3n) is 6.72. The van der Waals surface area contributed by atoms with E-state index in [1.807, 2.05) is 6.07 Å². The molecule has 0 spiro atoms. The first-order valence-corrected chi connectivity index (χ1v) is 6.46. The topological polar surface area (TPSA) is 23.8 Å². The maximum Gasteiger partial charge on any atom is 0.0994 e. The molecule has 0 heterocycles. The van der Waals surface area contributed by atoms with Gasteiger partial charge in [-0.25, -0.2) is 0 Å². The first-order chi connectivity index (χ1) is 7.93. The van der Waals surface area contributed by atoms with Crippen LogP contribution in [0.25, 0.3) is 0 Å². The number of nitriles is 1. The maximum absolute atomic E-state index is 9.26. The molecule has 6 aliphatic rings. The summed E-state index contributed by atoms with van der Waals surface area (Å²) < 4.78 is 0. The van der Waals surface area contributed by atoms with Crippen LogP contribution >= 0.6 is 0 Å². The third kappa shape index (κ3) is 0.392. The van der Waals surface area contributed by atoms with Gasteiger partial charge < -0.3 is 0 Å². The molecule has 1 nitrogen and oxygen atoms in total. The smallest absolute Gasteiger partial charge is 0.0994 e. The molecule has 6 aliphatic carbocycles. The van der Waals surface area contributed by atoms with E-state index in [0.717, 1.165) is 52.9 Å². The summed E-state index contributed by atoms with van der Waals surface area (Å²) in [6, 6.07) is 8.85. The zero-order chi connectivity index (χ0) is 10.2. The van der Waals surface area contributed by atoms with Crippen LogP contribution in [0.2, 0.25) is 0 Å². The van der Waals surface area contributed by atoms with Crippen LogP contribution in [0.4, 0.5) is 0 Å². The lowest BCUT2D eigenvalue weighted by atomic mass is 9.11. The normalized spacial score (nSPS) is 59.2. The average Bonchev–Trinajstić information content (AvgIpc) is 2.29. The summed E-state index contributed by atoms with van der Waals surface area (Å²) in [6.45, 7) is 0. The minimum Gasteiger partial charge on any atom is -0.192 e. The second-order valence-electron chi connectivity index (χ2n) is 6.44. The first-order valence-electron chi connectivity index (χ1n) is 6.46. The fourth-order valence-electron chi connectivity index (χ4n) is 6.56. The summed E-state index contributed by atoms with van der Waals surface area (Å²) in [5, 5.41) is 9.26. The molecule has 7 rings (SSSR count). The van der Waals surface area contributed by atoms with Crippen LogP contribution in [-0.2, 0) is 0 Å². The predicted octanol–water partition coefficient (Wildman–Crippen LogP) is 2.49. The van der Waals surface area contributed by atoms with Gasteiger partial charge in [-0.3, -0.25) is 0 Å². The van der Waals surface area contributed by atoms with Gasteiger partial charge in [0.25, 0.3) is 0 Å². The van der Waals surface area contributed by atoms with E-state index >= 15 is 0 Å². The van der Waals surface area contributed by atoms with Crippen molar-refractivity contribution in [2.75, 3.05) is 0 Å². The third-order valence-corrected chi connectivity index (χ3v) is 6.72. The Bertz CT molecular complexity index is 590. The van der Waals surface area contributed by atoms with Crippen LogP contribution in [0.1, 0.15) is 28.5 Å². The van der Waals surface area contributed by atoms with E-state index in [9.17, 15) is 5.26 Å². The van der Waals surface area contributed by atoms with Crippen molar-refractivity contribution >= 4 is 0 Å². The van der Waals surface area contributed by atoms with Gasteiger partial charge >= 0.3 is 0 Å². The van der Waals surface area contributed by atoms with Gasteiger partial charge in [0.1, 0.15) is 0 Å². The zero-order valence-corrected chi connectivity index (χ0v) is 8.80. The minimum absolute atomic E-state index is 0.806. The van der Waals surface area contributed by atoms with E-state index in [1.165, 1.54) is 5.56 Å². The zero-order valence-electron chi connectivity index (χ0n) is 8.80. The van der Waals surface area contributed by atoms with Crippen molar-refractivity contribution in [1.29, 1.82) is 5.26 Å². The van der Waals surface area contributed by atoms with Crippen molar-refractivity contribution in [3.8, 4) is 6.07 Å². The molecule has 16 heavy (non-hydrogen) atoms. The van der Waals surface area contributed by atoms with Gasteiger partial charge in [0, 0.05) is 0 Å². The van der Waals surface area contributed by atoms with Gasteiger partial charge in [-0.1, -0.05) is 12.1 Å². The van der Waals surface area contributed by atoms with Crippen molar-refractivity contribution in [3.63, 3.8) is 0 Å². The molecule has 0 N–H and O–H groups in total. The molecule has 1 aromatic carbocycles. The lowest BCUT2D eigenvalue weighted by Crippen LogP contribution is -2.87. The molecule has 0 radical (unpaired) electrons. The first kappa shape index (κ1) is 7.12. The largest absolute Gasteiger partial charge is 0.192 e. The van der Waals surface area contributed by atoms with Gasteiger partial charge in [-0.05, 0) is 64.5 Å². The Kier molecular flexibility index (Phi) is 0.773. The number of rotatable bonds is 0. The molecule has 1 aromatic rings. The monoisotopic (exact) mass is 205 g/mol. The van der Waals surface area contributed by atoms with Crippen molar-refractivity contribution in [3.05, 3.63) is 34.9 Å². The van der Waals surface area contributed by atoms with Crippen molar-refractivity contribution in [1.82, 2.24) is 0 Å². The highest BCUT2D eigenvalue weighted by atomic mass is 14.9. The van der Waals surface area contributed by atoms with Crippen molar-refractivity contribution in [2.24, 2.45) is 35.5 Å². The number of hydrogen-bond donors (Lipinski definition) is 0. The predicted molar refractivity (Wildman–Crippen MR) is 57.6 cm³/mol. The molecule has 0 amide bonds. The molecular formula is C15H11N. The standard InChI is InChI=1S/C15H11N/c16-4-5-2-1-3-6-7(5)9-12-10-8(6)11-13(9)15(12)14(10)11/h1-3,8-15H/t8?,9?,10-,11+,12-,13-,14?,15?/m1/s1. The van der Waals surface area contributed by atoms with Gasteiger partial charge in [-0.15, -0.1) is 0 Å². The highest BCUT2D eigenvalue weighted by Gasteiger charge is 2.88. The molecule has 76 valence electrons. The Hall–Kier alpha value is -1.29. The SMILES string of the molecule is N#Cc1cccc2c1C1[C@H]3C4C5[C@H]3C2[C@@H]5[C@@H]14. The summed E-state index contributed by atoms with van der Waals surface area (Å²) in [5.74, 6) is 8.03. The van der Waals surface area contributed by atoms with Gasteiger partial charge in [0.05, 0.1) is 11.6 Å². The second-order valence-corrected chi connectivity index (χ2v) is 6.44. The van der Waals surface area contributed by atoms with Crippen LogP contribution in [-0.4, -0.2) is 0 Å². The Morgan fingerprint density at radius 2 is 1.56 bits per heavy atom. The minimum atomic E-state index is 0.806. The van der Waals surface area contributed by atoms with E-state index in [4.69, 9.17) is 0 Å². The fraction of sp³-hybridized carbons (Fsp3) is 0.533. The van der Waals surface area contributed by atoms with E-state index in [0.29, 0.717) is 0 Å². The summed E-state index contributed by atoms with van der Waals surface area (Å²) in [4.78, 5) is 0. The van der Waals surface area contributed by atoms with Gasteiger partial charge in [-0.2, -0.15) is 5.26 Å². The van der Waals surface area contributed by atoms with Crippen LogP contribution < -0.4 is 0 Å². The average molecular weight is 205 g/mol. The Balaban J connectivity index is 1.72. The van der Waals surface area contributed by atoms with E-state index in [-0.39, 0.29) is 0 Å². The van der Waals surface area contributed by atoms with E-state index in [2.05, 4.69) is 18.2 Å². The molecule has 8 atom stereocenters. The molecule has 4 unspecified atom stereocenters. The highest BCUT2D eigenvalue weighted by Crippen LogP contribution is 2.94. The molecule has 0 saturated heterocycles. The van der Waals surface area contributed by atoms with Crippen molar-refractivity contribution in [2.45, 2.75) is 11.8 Å².